The van der Waals surface area contributed by atoms with Gasteiger partial charge >= 0.3 is 0 Å². The van der Waals surface area contributed by atoms with Gasteiger partial charge in [0.15, 0.2) is 5.75 Å². The molecule has 0 aliphatic heterocycles. The van der Waals surface area contributed by atoms with Gasteiger partial charge in [-0.25, -0.2) is 4.39 Å². The van der Waals surface area contributed by atoms with Crippen LogP contribution in [0.5, 0.6) is 17.2 Å². The fourth-order valence-corrected chi connectivity index (χ4v) is 1.38. The van der Waals surface area contributed by atoms with Crippen molar-refractivity contribution in [2.45, 2.75) is 0 Å². The van der Waals surface area contributed by atoms with Crippen molar-refractivity contribution >= 4 is 18.1 Å². The highest BCUT2D eigenvalue weighted by Crippen LogP contribution is 2.28. The van der Waals surface area contributed by atoms with Gasteiger partial charge < -0.3 is 15.2 Å². The van der Waals surface area contributed by atoms with Gasteiger partial charge in [-0.3, -0.25) is 0 Å². The quantitative estimate of drug-likeness (QED) is 0.866. The van der Waals surface area contributed by atoms with Gasteiger partial charge in [0.05, 0.1) is 12.8 Å². The molecule has 0 unspecified atom stereocenters. The Labute approximate surface area is 111 Å². The smallest absolute Gasteiger partial charge is 0.150 e. The minimum absolute atomic E-state index is 0. The Morgan fingerprint density at radius 3 is 2.17 bits per heavy atom. The molecule has 0 aromatic heterocycles. The summed E-state index contributed by atoms with van der Waals surface area (Å²) in [5, 5.41) is 0. The molecule has 0 spiro atoms. The van der Waals surface area contributed by atoms with Gasteiger partial charge in [0.25, 0.3) is 0 Å². The predicted octanol–water partition coefficient (Wildman–Crippen LogP) is 3.63. The molecule has 0 heterocycles. The van der Waals surface area contributed by atoms with Crippen molar-refractivity contribution in [1.82, 2.24) is 0 Å². The molecule has 0 bridgehead atoms. The Kier molecular flexibility index (Phi) is 4.80. The van der Waals surface area contributed by atoms with Crippen LogP contribution in [-0.4, -0.2) is 7.11 Å². The van der Waals surface area contributed by atoms with Crippen molar-refractivity contribution in [2.75, 3.05) is 12.8 Å². The molecule has 96 valence electrons. The summed E-state index contributed by atoms with van der Waals surface area (Å²) in [6, 6.07) is 11.1. The topological polar surface area (TPSA) is 44.5 Å². The first-order valence-corrected chi connectivity index (χ1v) is 5.06. The van der Waals surface area contributed by atoms with E-state index in [0.717, 1.165) is 5.75 Å². The Bertz CT molecular complexity index is 517. The number of halogens is 2. The van der Waals surface area contributed by atoms with Crippen molar-refractivity contribution in [3.8, 4) is 17.2 Å². The van der Waals surface area contributed by atoms with Crippen molar-refractivity contribution in [2.24, 2.45) is 0 Å². The maximum Gasteiger partial charge on any atom is 0.150 e. The third kappa shape index (κ3) is 3.28. The van der Waals surface area contributed by atoms with E-state index in [4.69, 9.17) is 15.2 Å². The number of hydrogen-bond acceptors (Lipinski definition) is 3. The van der Waals surface area contributed by atoms with E-state index in [-0.39, 0.29) is 23.9 Å². The molecule has 0 aliphatic rings. The molecule has 0 radical (unpaired) electrons. The van der Waals surface area contributed by atoms with Gasteiger partial charge in [-0.2, -0.15) is 0 Å². The van der Waals surface area contributed by atoms with Crippen molar-refractivity contribution in [3.05, 3.63) is 48.3 Å². The van der Waals surface area contributed by atoms with E-state index in [1.54, 1.807) is 31.4 Å². The summed E-state index contributed by atoms with van der Waals surface area (Å²) in [5.41, 5.74) is 5.90. The summed E-state index contributed by atoms with van der Waals surface area (Å²) in [7, 11) is 1.59. The number of rotatable bonds is 3. The summed E-state index contributed by atoms with van der Waals surface area (Å²) in [6.07, 6.45) is 0. The van der Waals surface area contributed by atoms with Crippen LogP contribution in [0, 0.1) is 5.82 Å². The van der Waals surface area contributed by atoms with Gasteiger partial charge in [-0.1, -0.05) is 0 Å². The SMILES string of the molecule is COc1ccc(Oc2ccc(F)cc2N)cc1.Cl. The molecule has 0 fully saturated rings. The molecule has 0 saturated heterocycles. The first-order valence-electron chi connectivity index (χ1n) is 5.06. The zero-order valence-electron chi connectivity index (χ0n) is 9.72. The van der Waals surface area contributed by atoms with Crippen LogP contribution < -0.4 is 15.2 Å². The lowest BCUT2D eigenvalue weighted by Gasteiger charge is -2.08. The molecule has 0 aliphatic carbocycles. The summed E-state index contributed by atoms with van der Waals surface area (Å²) < 4.78 is 23.4. The molecule has 3 nitrogen and oxygen atoms in total. The van der Waals surface area contributed by atoms with E-state index in [1.165, 1.54) is 18.2 Å². The molecular weight excluding hydrogens is 257 g/mol. The molecule has 2 aromatic rings. The highest BCUT2D eigenvalue weighted by atomic mass is 35.5. The normalized spacial score (nSPS) is 9.44. The Morgan fingerprint density at radius 1 is 1.00 bits per heavy atom. The van der Waals surface area contributed by atoms with Crippen molar-refractivity contribution < 1.29 is 13.9 Å². The van der Waals surface area contributed by atoms with Gasteiger partial charge in [0, 0.05) is 6.07 Å². The van der Waals surface area contributed by atoms with Crippen molar-refractivity contribution in [1.29, 1.82) is 0 Å². The zero-order valence-corrected chi connectivity index (χ0v) is 10.5. The van der Waals surface area contributed by atoms with Crippen LogP contribution in [-0.2, 0) is 0 Å². The van der Waals surface area contributed by atoms with Crippen LogP contribution in [0.4, 0.5) is 10.1 Å². The molecule has 2 rings (SSSR count). The minimum Gasteiger partial charge on any atom is -0.497 e. The first kappa shape index (κ1) is 14.1. The zero-order chi connectivity index (χ0) is 12.3. The second-order valence-corrected chi connectivity index (χ2v) is 3.46. The van der Waals surface area contributed by atoms with Crippen LogP contribution in [0.2, 0.25) is 0 Å². The van der Waals surface area contributed by atoms with Crippen LogP contribution in [0.3, 0.4) is 0 Å². The van der Waals surface area contributed by atoms with Gasteiger partial charge in [0.1, 0.15) is 17.3 Å². The number of ether oxygens (including phenoxy) is 2. The van der Waals surface area contributed by atoms with Crippen molar-refractivity contribution in [3.63, 3.8) is 0 Å². The molecule has 0 amide bonds. The van der Waals surface area contributed by atoms with Crippen LogP contribution in [0.15, 0.2) is 42.5 Å². The molecule has 0 saturated carbocycles. The lowest BCUT2D eigenvalue weighted by molar-refractivity contribution is 0.413. The monoisotopic (exact) mass is 269 g/mol. The molecule has 5 heteroatoms. The molecule has 2 aromatic carbocycles. The lowest BCUT2D eigenvalue weighted by atomic mass is 10.3. The number of anilines is 1. The summed E-state index contributed by atoms with van der Waals surface area (Å²) in [6.45, 7) is 0. The van der Waals surface area contributed by atoms with Crippen LogP contribution in [0.25, 0.3) is 0 Å². The molecular formula is C13H13ClFNO2. The highest BCUT2D eigenvalue weighted by Gasteiger charge is 2.03. The Balaban J connectivity index is 0.00000162. The van der Waals surface area contributed by atoms with E-state index in [9.17, 15) is 4.39 Å². The average Bonchev–Trinajstić information content (AvgIpc) is 2.34. The van der Waals surface area contributed by atoms with Gasteiger partial charge in [-0.05, 0) is 36.4 Å². The number of nitrogen functional groups attached to an aromatic ring is 1. The first-order chi connectivity index (χ1) is 8.19. The second-order valence-electron chi connectivity index (χ2n) is 3.46. The fraction of sp³-hybridized carbons (Fsp3) is 0.0769. The standard InChI is InChI=1S/C13H12FNO2.ClH/c1-16-10-3-5-11(6-4-10)17-13-7-2-9(14)8-12(13)15;/h2-8H,15H2,1H3;1H. The van der Waals surface area contributed by atoms with Gasteiger partial charge in [-0.15, -0.1) is 12.4 Å². The van der Waals surface area contributed by atoms with Crippen LogP contribution in [0.1, 0.15) is 0 Å². The Hall–Kier alpha value is -1.94. The predicted molar refractivity (Wildman–Crippen MR) is 71.1 cm³/mol. The van der Waals surface area contributed by atoms with Gasteiger partial charge in [0.2, 0.25) is 0 Å². The van der Waals surface area contributed by atoms with E-state index >= 15 is 0 Å². The third-order valence-corrected chi connectivity index (χ3v) is 2.26. The number of nitrogens with two attached hydrogens (primary N) is 1. The minimum atomic E-state index is -0.385. The fourth-order valence-electron chi connectivity index (χ4n) is 1.38. The molecule has 2 N–H and O–H groups in total. The molecule has 0 atom stereocenters. The second kappa shape index (κ2) is 6.12. The largest absolute Gasteiger partial charge is 0.497 e. The molecule has 18 heavy (non-hydrogen) atoms. The van der Waals surface area contributed by atoms with E-state index < -0.39 is 0 Å². The van der Waals surface area contributed by atoms with Crippen LogP contribution >= 0.6 is 12.4 Å². The number of hydrogen-bond donors (Lipinski definition) is 1. The summed E-state index contributed by atoms with van der Waals surface area (Å²) in [5.74, 6) is 1.40. The van der Waals surface area contributed by atoms with E-state index in [1.807, 2.05) is 0 Å². The maximum absolute atomic E-state index is 12.8. The summed E-state index contributed by atoms with van der Waals surface area (Å²) >= 11 is 0. The van der Waals surface area contributed by atoms with E-state index in [2.05, 4.69) is 0 Å². The number of benzene rings is 2. The number of methoxy groups -OCH3 is 1. The maximum atomic E-state index is 12.8. The lowest BCUT2D eigenvalue weighted by Crippen LogP contribution is -1.93. The average molecular weight is 270 g/mol. The third-order valence-electron chi connectivity index (χ3n) is 2.26. The van der Waals surface area contributed by atoms with E-state index in [0.29, 0.717) is 11.5 Å². The summed E-state index contributed by atoms with van der Waals surface area (Å²) in [4.78, 5) is 0. The highest BCUT2D eigenvalue weighted by molar-refractivity contribution is 5.85. The Morgan fingerprint density at radius 2 is 1.61 bits per heavy atom.